The molecule has 0 radical (unpaired) electrons. The Morgan fingerprint density at radius 3 is 2.71 bits per heavy atom. The molecule has 0 saturated carbocycles. The molecule has 1 aliphatic heterocycles. The van der Waals surface area contributed by atoms with Crippen molar-refractivity contribution in [2.24, 2.45) is 0 Å². The van der Waals surface area contributed by atoms with Crippen LogP contribution in [0.25, 0.3) is 10.9 Å². The molecule has 5 nitrogen and oxygen atoms in total. The first-order valence-corrected chi connectivity index (χ1v) is 7.27. The summed E-state index contributed by atoms with van der Waals surface area (Å²) in [4.78, 5) is 11.3. The number of anilines is 1. The fraction of sp³-hybridized carbons (Fsp3) is 0.312. The Kier molecular flexibility index (Phi) is 3.03. The number of hydrogen-bond donors (Lipinski definition) is 0. The van der Waals surface area contributed by atoms with Crippen LogP contribution >= 0.6 is 0 Å². The van der Waals surface area contributed by atoms with Gasteiger partial charge in [-0.15, -0.1) is 0 Å². The molecule has 0 bridgehead atoms. The van der Waals surface area contributed by atoms with Gasteiger partial charge >= 0.3 is 0 Å². The van der Waals surface area contributed by atoms with Crippen LogP contribution in [0.3, 0.4) is 0 Å². The largest absolute Gasteiger partial charge is 0.357 e. The average Bonchev–Trinajstić information content (AvgIpc) is 3.09. The first-order valence-electron chi connectivity index (χ1n) is 7.27. The van der Waals surface area contributed by atoms with Gasteiger partial charge in [0.25, 0.3) is 0 Å². The number of benzene rings is 1. The molecule has 0 spiro atoms. The van der Waals surface area contributed by atoms with Gasteiger partial charge in [0.15, 0.2) is 6.33 Å². The smallest absolute Gasteiger partial charge is 0.229 e. The summed E-state index contributed by atoms with van der Waals surface area (Å²) in [6, 6.07) is 12.5. The lowest BCUT2D eigenvalue weighted by molar-refractivity contribution is 0.328. The van der Waals surface area contributed by atoms with E-state index in [1.807, 2.05) is 12.1 Å². The number of hydrogen-bond acceptors (Lipinski definition) is 5. The van der Waals surface area contributed by atoms with Crippen molar-refractivity contribution in [1.82, 2.24) is 15.1 Å². The second-order valence-electron chi connectivity index (χ2n) is 5.40. The van der Waals surface area contributed by atoms with Crippen molar-refractivity contribution in [2.45, 2.75) is 18.8 Å². The molecule has 3 heterocycles. The zero-order valence-corrected chi connectivity index (χ0v) is 11.6. The van der Waals surface area contributed by atoms with E-state index in [-0.39, 0.29) is 0 Å². The van der Waals surface area contributed by atoms with Gasteiger partial charge in [-0.2, -0.15) is 4.98 Å². The molecule has 5 heteroatoms. The molecule has 4 rings (SSSR count). The van der Waals surface area contributed by atoms with Gasteiger partial charge in [-0.25, -0.2) is 4.98 Å². The minimum atomic E-state index is 0.379. The molecular formula is C16H16N4O. The highest BCUT2D eigenvalue weighted by Crippen LogP contribution is 2.29. The van der Waals surface area contributed by atoms with Gasteiger partial charge < -0.3 is 9.42 Å². The standard InChI is InChI=1S/C16H16N4O/c1-2-4-14-12(3-1)5-6-15(19-14)20-9-7-13(8-10-20)16-17-11-18-21-16/h1-6,11,13H,7-10H2. The van der Waals surface area contributed by atoms with Crippen molar-refractivity contribution >= 4 is 16.7 Å². The van der Waals surface area contributed by atoms with Crippen LogP contribution in [-0.4, -0.2) is 28.2 Å². The molecular weight excluding hydrogens is 264 g/mol. The van der Waals surface area contributed by atoms with Crippen LogP contribution in [-0.2, 0) is 0 Å². The quantitative estimate of drug-likeness (QED) is 0.722. The van der Waals surface area contributed by atoms with Crippen LogP contribution in [0.2, 0.25) is 0 Å². The predicted molar refractivity (Wildman–Crippen MR) is 80.2 cm³/mol. The maximum Gasteiger partial charge on any atom is 0.229 e. The molecule has 21 heavy (non-hydrogen) atoms. The maximum atomic E-state index is 5.18. The summed E-state index contributed by atoms with van der Waals surface area (Å²) < 4.78 is 5.18. The van der Waals surface area contributed by atoms with Gasteiger partial charge in [0.05, 0.1) is 5.52 Å². The first-order chi connectivity index (χ1) is 10.4. The molecule has 0 aliphatic carbocycles. The Balaban J connectivity index is 1.52. The van der Waals surface area contributed by atoms with E-state index in [1.54, 1.807) is 0 Å². The topological polar surface area (TPSA) is 55.1 Å². The number of rotatable bonds is 2. The van der Waals surface area contributed by atoms with Crippen molar-refractivity contribution < 1.29 is 4.52 Å². The third-order valence-electron chi connectivity index (χ3n) is 4.13. The van der Waals surface area contributed by atoms with Crippen LogP contribution in [0.15, 0.2) is 47.2 Å². The number of fused-ring (bicyclic) bond motifs is 1. The summed E-state index contributed by atoms with van der Waals surface area (Å²) in [5.41, 5.74) is 1.05. The molecule has 106 valence electrons. The highest BCUT2D eigenvalue weighted by Gasteiger charge is 2.24. The SMILES string of the molecule is c1ccc2nc(N3CCC(c4ncno4)CC3)ccc2c1. The Morgan fingerprint density at radius 2 is 1.90 bits per heavy atom. The summed E-state index contributed by atoms with van der Waals surface area (Å²) in [7, 11) is 0. The van der Waals surface area contributed by atoms with Crippen molar-refractivity contribution in [3.63, 3.8) is 0 Å². The third-order valence-corrected chi connectivity index (χ3v) is 4.13. The number of aromatic nitrogens is 3. The van der Waals surface area contributed by atoms with Crippen LogP contribution in [0.1, 0.15) is 24.7 Å². The number of pyridine rings is 1. The molecule has 3 aromatic rings. The van der Waals surface area contributed by atoms with Gasteiger partial charge in [-0.3, -0.25) is 0 Å². The lowest BCUT2D eigenvalue weighted by Crippen LogP contribution is -2.33. The Hall–Kier alpha value is -2.43. The normalized spacial score (nSPS) is 16.5. The van der Waals surface area contributed by atoms with Crippen molar-refractivity contribution in [1.29, 1.82) is 0 Å². The summed E-state index contributed by atoms with van der Waals surface area (Å²) >= 11 is 0. The maximum absolute atomic E-state index is 5.18. The minimum absolute atomic E-state index is 0.379. The third kappa shape index (κ3) is 2.35. The summed E-state index contributed by atoms with van der Waals surface area (Å²) in [5.74, 6) is 2.20. The second kappa shape index (κ2) is 5.16. The lowest BCUT2D eigenvalue weighted by Gasteiger charge is -2.31. The Morgan fingerprint density at radius 1 is 1.05 bits per heavy atom. The Labute approximate surface area is 122 Å². The zero-order valence-electron chi connectivity index (χ0n) is 11.6. The van der Waals surface area contributed by atoms with Crippen molar-refractivity contribution in [2.75, 3.05) is 18.0 Å². The Bertz CT molecular complexity index is 733. The zero-order chi connectivity index (χ0) is 14.1. The molecule has 0 atom stereocenters. The molecule has 1 fully saturated rings. The highest BCUT2D eigenvalue weighted by molar-refractivity contribution is 5.80. The fourth-order valence-corrected chi connectivity index (χ4v) is 2.95. The molecule has 1 aliphatic rings. The number of piperidine rings is 1. The van der Waals surface area contributed by atoms with Crippen LogP contribution in [0.4, 0.5) is 5.82 Å². The number of para-hydroxylation sites is 1. The minimum Gasteiger partial charge on any atom is -0.357 e. The second-order valence-corrected chi connectivity index (χ2v) is 5.40. The molecule has 0 N–H and O–H groups in total. The van der Waals surface area contributed by atoms with Gasteiger partial charge in [-0.1, -0.05) is 23.4 Å². The average molecular weight is 280 g/mol. The highest BCUT2D eigenvalue weighted by atomic mass is 16.5. The van der Waals surface area contributed by atoms with Gasteiger partial charge in [0.2, 0.25) is 5.89 Å². The van der Waals surface area contributed by atoms with E-state index in [2.05, 4.69) is 39.3 Å². The van der Waals surface area contributed by atoms with Crippen LogP contribution in [0, 0.1) is 0 Å². The monoisotopic (exact) mass is 280 g/mol. The van der Waals surface area contributed by atoms with Gasteiger partial charge in [0, 0.05) is 24.4 Å². The molecule has 1 aromatic carbocycles. The van der Waals surface area contributed by atoms with Crippen LogP contribution < -0.4 is 4.90 Å². The van der Waals surface area contributed by atoms with Crippen molar-refractivity contribution in [3.05, 3.63) is 48.6 Å². The van der Waals surface area contributed by atoms with Gasteiger partial charge in [0.1, 0.15) is 5.82 Å². The summed E-state index contributed by atoms with van der Waals surface area (Å²) in [5, 5.41) is 4.88. The molecule has 0 amide bonds. The first kappa shape index (κ1) is 12.3. The van der Waals surface area contributed by atoms with Crippen LogP contribution in [0.5, 0.6) is 0 Å². The van der Waals surface area contributed by atoms with E-state index < -0.39 is 0 Å². The van der Waals surface area contributed by atoms with Crippen molar-refractivity contribution in [3.8, 4) is 0 Å². The molecule has 2 aromatic heterocycles. The lowest BCUT2D eigenvalue weighted by atomic mass is 9.97. The van der Waals surface area contributed by atoms with E-state index in [4.69, 9.17) is 9.51 Å². The summed E-state index contributed by atoms with van der Waals surface area (Å²) in [6.45, 7) is 1.94. The van der Waals surface area contributed by atoms with E-state index in [1.165, 1.54) is 11.7 Å². The van der Waals surface area contributed by atoms with E-state index >= 15 is 0 Å². The molecule has 1 saturated heterocycles. The van der Waals surface area contributed by atoms with E-state index in [0.29, 0.717) is 5.92 Å². The summed E-state index contributed by atoms with van der Waals surface area (Å²) in [6.07, 6.45) is 3.53. The van der Waals surface area contributed by atoms with E-state index in [0.717, 1.165) is 43.2 Å². The number of nitrogens with zero attached hydrogens (tertiary/aromatic N) is 4. The predicted octanol–water partition coefficient (Wildman–Crippen LogP) is 3.00. The van der Waals surface area contributed by atoms with E-state index in [9.17, 15) is 0 Å². The fourth-order valence-electron chi connectivity index (χ4n) is 2.95. The molecule has 0 unspecified atom stereocenters. The van der Waals surface area contributed by atoms with Gasteiger partial charge in [-0.05, 0) is 31.0 Å².